The molecule has 4 N–H and O–H groups in total. The van der Waals surface area contributed by atoms with Gasteiger partial charge in [-0.05, 0) is 37.3 Å². The number of aromatic nitrogens is 2. The topological polar surface area (TPSA) is 140 Å². The zero-order valence-corrected chi connectivity index (χ0v) is 18.1. The summed E-state index contributed by atoms with van der Waals surface area (Å²) in [6.07, 6.45) is 1.24. The molecular weight excluding hydrogens is 420 g/mol. The summed E-state index contributed by atoms with van der Waals surface area (Å²) in [7, 11) is 0. The number of hydrogen-bond acceptors (Lipinski definition) is 5. The van der Waals surface area contributed by atoms with E-state index in [4.69, 9.17) is 11.6 Å². The van der Waals surface area contributed by atoms with Gasteiger partial charge in [0.1, 0.15) is 17.6 Å². The maximum atomic E-state index is 12.9. The molecule has 0 spiro atoms. The number of carbonyl (C=O) groups excluding carboxylic acids is 3. The molecule has 9 nitrogen and oxygen atoms in total. The van der Waals surface area contributed by atoms with Crippen LogP contribution >= 0.6 is 11.6 Å². The summed E-state index contributed by atoms with van der Waals surface area (Å²) < 4.78 is 0. The number of fused-ring (bicyclic) bond motifs is 1. The molecule has 164 valence electrons. The molecule has 1 aliphatic rings. The van der Waals surface area contributed by atoms with Gasteiger partial charge in [0.2, 0.25) is 11.8 Å². The minimum absolute atomic E-state index is 0.0455. The third-order valence-electron chi connectivity index (χ3n) is 5.16. The number of benzene rings is 1. The summed E-state index contributed by atoms with van der Waals surface area (Å²) in [5.41, 5.74) is 1.08. The Kier molecular flexibility index (Phi) is 7.13. The van der Waals surface area contributed by atoms with Crippen LogP contribution in [-0.2, 0) is 9.59 Å². The van der Waals surface area contributed by atoms with Gasteiger partial charge in [-0.1, -0.05) is 31.5 Å². The molecule has 0 saturated carbocycles. The second-order valence-corrected chi connectivity index (χ2v) is 8.49. The van der Waals surface area contributed by atoms with Crippen LogP contribution in [-0.4, -0.2) is 46.3 Å². The van der Waals surface area contributed by atoms with E-state index in [1.165, 1.54) is 0 Å². The summed E-state index contributed by atoms with van der Waals surface area (Å²) >= 11 is 6.12. The maximum absolute atomic E-state index is 12.9. The molecule has 3 atom stereocenters. The van der Waals surface area contributed by atoms with Crippen LogP contribution in [0.1, 0.15) is 43.7 Å². The van der Waals surface area contributed by atoms with Gasteiger partial charge in [0.25, 0.3) is 5.91 Å². The number of nitrogens with zero attached hydrogens (tertiary/aromatic N) is 2. The van der Waals surface area contributed by atoms with Crippen molar-refractivity contribution in [3.8, 4) is 6.07 Å². The van der Waals surface area contributed by atoms with Gasteiger partial charge in [0.15, 0.2) is 5.82 Å². The van der Waals surface area contributed by atoms with E-state index in [9.17, 15) is 19.6 Å². The van der Waals surface area contributed by atoms with Crippen LogP contribution in [0.4, 0.5) is 0 Å². The average molecular weight is 445 g/mol. The molecule has 2 aromatic rings. The highest BCUT2D eigenvalue weighted by Gasteiger charge is 2.30. The maximum Gasteiger partial charge on any atom is 0.287 e. The predicted octanol–water partition coefficient (Wildman–Crippen LogP) is 1.90. The predicted molar refractivity (Wildman–Crippen MR) is 115 cm³/mol. The van der Waals surface area contributed by atoms with Crippen molar-refractivity contribution in [1.82, 2.24) is 25.9 Å². The van der Waals surface area contributed by atoms with Crippen LogP contribution in [0, 0.1) is 23.2 Å². The fourth-order valence-corrected chi connectivity index (χ4v) is 3.82. The first-order chi connectivity index (χ1) is 14.8. The third-order valence-corrected chi connectivity index (χ3v) is 5.47. The lowest BCUT2D eigenvalue weighted by atomic mass is 9.98. The number of para-hydroxylation sites is 1. The number of aromatic amines is 1. The van der Waals surface area contributed by atoms with Crippen molar-refractivity contribution in [3.05, 3.63) is 29.0 Å². The molecule has 1 aliphatic heterocycles. The summed E-state index contributed by atoms with van der Waals surface area (Å²) in [6, 6.07) is 5.53. The van der Waals surface area contributed by atoms with Gasteiger partial charge in [-0.15, -0.1) is 0 Å². The molecule has 1 aromatic heterocycles. The van der Waals surface area contributed by atoms with Gasteiger partial charge in [-0.3, -0.25) is 14.4 Å². The first-order valence-corrected chi connectivity index (χ1v) is 10.6. The summed E-state index contributed by atoms with van der Waals surface area (Å²) in [6.45, 7) is 4.43. The minimum atomic E-state index is -0.857. The second kappa shape index (κ2) is 9.79. The van der Waals surface area contributed by atoms with Gasteiger partial charge in [0.05, 0.1) is 16.6 Å². The van der Waals surface area contributed by atoms with Crippen molar-refractivity contribution in [3.63, 3.8) is 0 Å². The normalized spacial score (nSPS) is 17.8. The van der Waals surface area contributed by atoms with Crippen LogP contribution < -0.4 is 16.0 Å². The standard InChI is InChI=1S/C21H25ClN6O3/c1-11(2)8-16(20(30)25-13(10-23)9-12-6-7-24-19(12)29)27-21(31)18-26-15-5-3-4-14(22)17(15)28-18/h3-5,11-13,16H,6-9H2,1-2H3,(H,24,29)(H,25,30)(H,26,28)(H,27,31). The van der Waals surface area contributed by atoms with E-state index >= 15 is 0 Å². The quantitative estimate of drug-likeness (QED) is 0.492. The van der Waals surface area contributed by atoms with Gasteiger partial charge in [-0.25, -0.2) is 4.98 Å². The number of halogens is 1. The summed E-state index contributed by atoms with van der Waals surface area (Å²) in [5, 5.41) is 17.9. The lowest BCUT2D eigenvalue weighted by molar-refractivity contribution is -0.125. The van der Waals surface area contributed by atoms with E-state index < -0.39 is 23.9 Å². The highest BCUT2D eigenvalue weighted by molar-refractivity contribution is 6.35. The number of rotatable bonds is 8. The Morgan fingerprint density at radius 3 is 2.74 bits per heavy atom. The summed E-state index contributed by atoms with van der Waals surface area (Å²) in [5.74, 6) is -1.27. The van der Waals surface area contributed by atoms with Crippen LogP contribution in [0.2, 0.25) is 5.02 Å². The molecule has 1 aromatic carbocycles. The first-order valence-electron chi connectivity index (χ1n) is 10.2. The Bertz CT molecular complexity index is 1030. The molecule has 3 amide bonds. The van der Waals surface area contributed by atoms with Gasteiger partial charge < -0.3 is 20.9 Å². The van der Waals surface area contributed by atoms with Crippen molar-refractivity contribution in [2.75, 3.05) is 6.54 Å². The van der Waals surface area contributed by atoms with E-state index in [1.54, 1.807) is 18.2 Å². The van der Waals surface area contributed by atoms with Gasteiger partial charge >= 0.3 is 0 Å². The molecule has 10 heteroatoms. The lowest BCUT2D eigenvalue weighted by Crippen LogP contribution is -2.50. The highest BCUT2D eigenvalue weighted by atomic mass is 35.5. The zero-order valence-electron chi connectivity index (χ0n) is 17.4. The van der Waals surface area contributed by atoms with Crippen molar-refractivity contribution in [2.24, 2.45) is 11.8 Å². The monoisotopic (exact) mass is 444 g/mol. The van der Waals surface area contributed by atoms with E-state index in [0.717, 1.165) is 0 Å². The fourth-order valence-electron chi connectivity index (χ4n) is 3.60. The molecule has 1 saturated heterocycles. The second-order valence-electron chi connectivity index (χ2n) is 8.08. The van der Waals surface area contributed by atoms with Crippen molar-refractivity contribution >= 4 is 40.4 Å². The van der Waals surface area contributed by atoms with E-state index in [1.807, 2.05) is 19.9 Å². The van der Waals surface area contributed by atoms with Crippen LogP contribution in [0.15, 0.2) is 18.2 Å². The molecule has 1 fully saturated rings. The molecule has 2 heterocycles. The Labute approximate surface area is 184 Å². The Morgan fingerprint density at radius 2 is 2.13 bits per heavy atom. The SMILES string of the molecule is CC(C)CC(NC(=O)c1nc2c(Cl)cccc2[nH]1)C(=O)NC(C#N)CC1CCNC1=O. The Hall–Kier alpha value is -3.12. The molecule has 3 unspecified atom stereocenters. The number of amides is 3. The number of nitrogens with one attached hydrogen (secondary N) is 4. The molecular formula is C21H25ClN6O3. The molecule has 3 rings (SSSR count). The molecule has 0 radical (unpaired) electrons. The minimum Gasteiger partial charge on any atom is -0.356 e. The highest BCUT2D eigenvalue weighted by Crippen LogP contribution is 2.21. The first kappa shape index (κ1) is 22.6. The number of H-pyrrole nitrogens is 1. The van der Waals surface area contributed by atoms with Crippen molar-refractivity contribution < 1.29 is 14.4 Å². The lowest BCUT2D eigenvalue weighted by Gasteiger charge is -2.22. The van der Waals surface area contributed by atoms with Gasteiger partial charge in [-0.2, -0.15) is 5.26 Å². The Morgan fingerprint density at radius 1 is 1.35 bits per heavy atom. The van der Waals surface area contributed by atoms with Crippen LogP contribution in [0.25, 0.3) is 11.0 Å². The molecule has 0 bridgehead atoms. The van der Waals surface area contributed by atoms with E-state index in [2.05, 4.69) is 25.9 Å². The third kappa shape index (κ3) is 5.52. The van der Waals surface area contributed by atoms with Crippen molar-refractivity contribution in [2.45, 2.75) is 45.2 Å². The fraction of sp³-hybridized carbons (Fsp3) is 0.476. The van der Waals surface area contributed by atoms with Crippen molar-refractivity contribution in [1.29, 1.82) is 5.26 Å². The largest absolute Gasteiger partial charge is 0.356 e. The number of imidazole rings is 1. The average Bonchev–Trinajstić information content (AvgIpc) is 3.33. The zero-order chi connectivity index (χ0) is 22.5. The van der Waals surface area contributed by atoms with Crippen LogP contribution in [0.3, 0.4) is 0 Å². The smallest absolute Gasteiger partial charge is 0.287 e. The number of carbonyl (C=O) groups is 3. The van der Waals surface area contributed by atoms with Gasteiger partial charge in [0, 0.05) is 12.5 Å². The van der Waals surface area contributed by atoms with Crippen LogP contribution in [0.5, 0.6) is 0 Å². The molecule has 31 heavy (non-hydrogen) atoms. The molecule has 0 aliphatic carbocycles. The van der Waals surface area contributed by atoms with E-state index in [0.29, 0.717) is 35.4 Å². The Balaban J connectivity index is 1.70. The van der Waals surface area contributed by atoms with E-state index in [-0.39, 0.29) is 30.0 Å². The summed E-state index contributed by atoms with van der Waals surface area (Å²) in [4.78, 5) is 44.5. The number of hydrogen-bond donors (Lipinski definition) is 4. The number of nitriles is 1.